The maximum Gasteiger partial charge on any atom is 0.0404 e. The second kappa shape index (κ2) is 5.18. The molecule has 0 fully saturated rings. The van der Waals surface area contributed by atoms with Crippen LogP contribution >= 0.6 is 0 Å². The molecule has 12 heavy (non-hydrogen) atoms. The van der Waals surface area contributed by atoms with Gasteiger partial charge in [-0.15, -0.1) is 0 Å². The first-order valence-electron chi connectivity index (χ1n) is 3.89. The van der Waals surface area contributed by atoms with Gasteiger partial charge < -0.3 is 16.9 Å². The van der Waals surface area contributed by atoms with Crippen LogP contribution in [-0.2, 0) is 0 Å². The molecule has 3 heteroatoms. The monoisotopic (exact) mass is 165 g/mol. The van der Waals surface area contributed by atoms with Gasteiger partial charge in [0.15, 0.2) is 0 Å². The van der Waals surface area contributed by atoms with Crippen molar-refractivity contribution in [3.8, 4) is 0 Å². The summed E-state index contributed by atoms with van der Waals surface area (Å²) in [7, 11) is 0. The number of nitrogens with two attached hydrogens (primary N) is 2. The van der Waals surface area contributed by atoms with E-state index in [0.717, 1.165) is 0 Å². The summed E-state index contributed by atoms with van der Waals surface area (Å²) < 4.78 is 0. The highest BCUT2D eigenvalue weighted by Crippen LogP contribution is 2.12. The van der Waals surface area contributed by atoms with Gasteiger partial charge in [0.25, 0.3) is 0 Å². The maximum absolute atomic E-state index is 6.92. The van der Waals surface area contributed by atoms with Gasteiger partial charge in [-0.05, 0) is 18.2 Å². The first-order valence-corrected chi connectivity index (χ1v) is 3.89. The Kier molecular flexibility index (Phi) is 4.53. The van der Waals surface area contributed by atoms with Crippen molar-refractivity contribution in [3.63, 3.8) is 0 Å². The van der Waals surface area contributed by atoms with Crippen LogP contribution in [-0.4, -0.2) is 6.21 Å². The zero-order valence-corrected chi connectivity index (χ0v) is 7.46. The molecule has 0 saturated carbocycles. The van der Waals surface area contributed by atoms with Gasteiger partial charge in [0.05, 0.1) is 0 Å². The SMILES string of the molecule is CC.N=Cc1cc(N)ccc1N. The van der Waals surface area contributed by atoms with Gasteiger partial charge in [-0.1, -0.05) is 13.8 Å². The minimum atomic E-state index is 0.587. The van der Waals surface area contributed by atoms with Crippen LogP contribution in [0.25, 0.3) is 0 Å². The van der Waals surface area contributed by atoms with Crippen molar-refractivity contribution < 1.29 is 0 Å². The molecular formula is C9H15N3. The van der Waals surface area contributed by atoms with Crippen LogP contribution in [0.15, 0.2) is 18.2 Å². The molecule has 1 aromatic rings. The molecule has 66 valence electrons. The Hall–Kier alpha value is -1.51. The molecule has 1 aromatic carbocycles. The molecule has 0 aliphatic rings. The van der Waals surface area contributed by atoms with Crippen LogP contribution in [0.1, 0.15) is 19.4 Å². The van der Waals surface area contributed by atoms with E-state index in [9.17, 15) is 0 Å². The van der Waals surface area contributed by atoms with Crippen LogP contribution < -0.4 is 11.5 Å². The summed E-state index contributed by atoms with van der Waals surface area (Å²) in [4.78, 5) is 0. The topological polar surface area (TPSA) is 75.9 Å². The van der Waals surface area contributed by atoms with Gasteiger partial charge in [-0.2, -0.15) is 0 Å². The highest BCUT2D eigenvalue weighted by molar-refractivity contribution is 5.86. The Morgan fingerprint density at radius 3 is 2.25 bits per heavy atom. The third-order valence-electron chi connectivity index (χ3n) is 1.27. The second-order valence-corrected chi connectivity index (χ2v) is 2.03. The van der Waals surface area contributed by atoms with E-state index in [-0.39, 0.29) is 0 Å². The van der Waals surface area contributed by atoms with Crippen molar-refractivity contribution in [2.24, 2.45) is 0 Å². The summed E-state index contributed by atoms with van der Waals surface area (Å²) in [6.07, 6.45) is 1.19. The van der Waals surface area contributed by atoms with E-state index in [2.05, 4.69) is 0 Å². The lowest BCUT2D eigenvalue weighted by Crippen LogP contribution is -1.94. The molecule has 0 unspecified atom stereocenters. The Morgan fingerprint density at radius 2 is 1.83 bits per heavy atom. The molecule has 3 nitrogen and oxygen atoms in total. The van der Waals surface area contributed by atoms with Crippen molar-refractivity contribution in [3.05, 3.63) is 23.8 Å². The molecule has 0 saturated heterocycles. The zero-order chi connectivity index (χ0) is 9.56. The molecule has 1 rings (SSSR count). The van der Waals surface area contributed by atoms with E-state index >= 15 is 0 Å². The van der Waals surface area contributed by atoms with Crippen molar-refractivity contribution >= 4 is 17.6 Å². The van der Waals surface area contributed by atoms with Gasteiger partial charge in [-0.25, -0.2) is 0 Å². The molecule has 5 N–H and O–H groups in total. The number of rotatable bonds is 1. The average molecular weight is 165 g/mol. The molecular weight excluding hydrogens is 150 g/mol. The van der Waals surface area contributed by atoms with Gasteiger partial charge >= 0.3 is 0 Å². The molecule has 0 radical (unpaired) electrons. The summed E-state index contributed by atoms with van der Waals surface area (Å²) in [6, 6.07) is 5.07. The molecule has 0 aromatic heterocycles. The van der Waals surface area contributed by atoms with Crippen molar-refractivity contribution in [2.45, 2.75) is 13.8 Å². The maximum atomic E-state index is 6.92. The first-order chi connectivity index (χ1) is 5.74. The van der Waals surface area contributed by atoms with Gasteiger partial charge in [-0.3, -0.25) is 0 Å². The fourth-order valence-corrected chi connectivity index (χ4v) is 0.718. The van der Waals surface area contributed by atoms with Crippen LogP contribution in [0.5, 0.6) is 0 Å². The largest absolute Gasteiger partial charge is 0.399 e. The summed E-state index contributed by atoms with van der Waals surface area (Å²) in [5.74, 6) is 0. The second-order valence-electron chi connectivity index (χ2n) is 2.03. The van der Waals surface area contributed by atoms with E-state index < -0.39 is 0 Å². The minimum absolute atomic E-state index is 0.587. The summed E-state index contributed by atoms with van der Waals surface area (Å²) >= 11 is 0. The summed E-state index contributed by atoms with van der Waals surface area (Å²) in [6.45, 7) is 4.00. The molecule has 0 heterocycles. The van der Waals surface area contributed by atoms with Crippen LogP contribution in [0, 0.1) is 5.41 Å². The van der Waals surface area contributed by atoms with E-state index in [1.165, 1.54) is 6.21 Å². The third kappa shape index (κ3) is 2.62. The molecule has 0 bridgehead atoms. The number of nitrogen functional groups attached to an aromatic ring is 2. The third-order valence-corrected chi connectivity index (χ3v) is 1.27. The Balaban J connectivity index is 0.000000561. The van der Waals surface area contributed by atoms with Gasteiger partial charge in [0.2, 0.25) is 0 Å². The molecule has 0 amide bonds. The zero-order valence-electron chi connectivity index (χ0n) is 7.46. The van der Waals surface area contributed by atoms with Crippen molar-refractivity contribution in [2.75, 3.05) is 11.5 Å². The number of hydrogen-bond donors (Lipinski definition) is 3. The predicted molar refractivity (Wildman–Crippen MR) is 54.5 cm³/mol. The van der Waals surface area contributed by atoms with Gasteiger partial charge in [0.1, 0.15) is 0 Å². The quantitative estimate of drug-likeness (QED) is 0.439. The van der Waals surface area contributed by atoms with Crippen LogP contribution in [0.3, 0.4) is 0 Å². The summed E-state index contributed by atoms with van der Waals surface area (Å²) in [5, 5.41) is 6.92. The number of hydrogen-bond acceptors (Lipinski definition) is 3. The standard InChI is InChI=1S/C7H9N3.C2H6/c8-4-5-3-6(9)1-2-7(5)10;1-2/h1-4,8H,9-10H2;1-2H3. The van der Waals surface area contributed by atoms with E-state index in [0.29, 0.717) is 16.9 Å². The van der Waals surface area contributed by atoms with E-state index in [1.54, 1.807) is 18.2 Å². The lowest BCUT2D eigenvalue weighted by atomic mass is 10.2. The van der Waals surface area contributed by atoms with Crippen LogP contribution in [0.4, 0.5) is 11.4 Å². The molecule has 0 atom stereocenters. The highest BCUT2D eigenvalue weighted by Gasteiger charge is 1.93. The lowest BCUT2D eigenvalue weighted by Gasteiger charge is -1.98. The van der Waals surface area contributed by atoms with Crippen LogP contribution in [0.2, 0.25) is 0 Å². The summed E-state index contributed by atoms with van der Waals surface area (Å²) in [5.41, 5.74) is 12.8. The number of nitrogens with one attached hydrogen (secondary N) is 1. The highest BCUT2D eigenvalue weighted by atomic mass is 14.6. The van der Waals surface area contributed by atoms with E-state index in [1.807, 2.05) is 13.8 Å². The number of benzene rings is 1. The minimum Gasteiger partial charge on any atom is -0.399 e. The Labute approximate surface area is 72.9 Å². The fourth-order valence-electron chi connectivity index (χ4n) is 0.718. The van der Waals surface area contributed by atoms with Crippen molar-refractivity contribution in [1.29, 1.82) is 5.41 Å². The predicted octanol–water partition coefficient (Wildman–Crippen LogP) is 1.87. The van der Waals surface area contributed by atoms with Crippen molar-refractivity contribution in [1.82, 2.24) is 0 Å². The lowest BCUT2D eigenvalue weighted by molar-refractivity contribution is 1.50. The Bertz CT molecular complexity index is 256. The average Bonchev–Trinajstić information content (AvgIpc) is 2.13. The molecule has 0 spiro atoms. The smallest absolute Gasteiger partial charge is 0.0404 e. The Morgan fingerprint density at radius 1 is 1.25 bits per heavy atom. The van der Waals surface area contributed by atoms with E-state index in [4.69, 9.17) is 16.9 Å². The van der Waals surface area contributed by atoms with Gasteiger partial charge in [0, 0.05) is 23.2 Å². The molecule has 0 aliphatic heterocycles. The fraction of sp³-hybridized carbons (Fsp3) is 0.222. The first kappa shape index (κ1) is 10.5. The number of anilines is 2. The molecule has 0 aliphatic carbocycles. The normalized spacial score (nSPS) is 8.17.